The summed E-state index contributed by atoms with van der Waals surface area (Å²) in [5.41, 5.74) is 0.0553. The number of methoxy groups -OCH3 is 1. The Morgan fingerprint density at radius 1 is 1.39 bits per heavy atom. The predicted molar refractivity (Wildman–Crippen MR) is 82.3 cm³/mol. The third-order valence-corrected chi connectivity index (χ3v) is 5.00. The second-order valence-electron chi connectivity index (χ2n) is 6.28. The Balaban J connectivity index is 1.69. The van der Waals surface area contributed by atoms with E-state index in [1.54, 1.807) is 12.0 Å². The molecular formula is C17H21NO5. The van der Waals surface area contributed by atoms with Crippen LogP contribution in [0.1, 0.15) is 12.0 Å². The Morgan fingerprint density at radius 3 is 2.74 bits per heavy atom. The molecule has 6 nitrogen and oxygen atoms in total. The minimum Gasteiger partial charge on any atom is -0.497 e. The minimum absolute atomic E-state index is 0.0369. The zero-order valence-corrected chi connectivity index (χ0v) is 13.2. The third-order valence-electron chi connectivity index (χ3n) is 5.00. The number of aliphatic carboxylic acids is 1. The van der Waals surface area contributed by atoms with Crippen molar-refractivity contribution >= 4 is 11.9 Å². The fourth-order valence-electron chi connectivity index (χ4n) is 3.52. The standard InChI is InChI=1S/C17H21NO5/c1-22-14-4-2-12(3-5-14)8-15(19)18-9-13-10-23-7-6-17(13,11-18)16(20)21/h2-5,13H,6-11H2,1H3,(H,20,21)/t13-,17+/m1/s1. The SMILES string of the molecule is COc1ccc(CC(=O)N2C[C@@H]3COCC[C@]3(C(=O)O)C2)cc1. The van der Waals surface area contributed by atoms with Gasteiger partial charge in [0, 0.05) is 25.6 Å². The largest absolute Gasteiger partial charge is 0.497 e. The van der Waals surface area contributed by atoms with Crippen LogP contribution in [0.15, 0.2) is 24.3 Å². The van der Waals surface area contributed by atoms with E-state index >= 15 is 0 Å². The molecule has 0 bridgehead atoms. The molecule has 0 aliphatic carbocycles. The lowest BCUT2D eigenvalue weighted by molar-refractivity contribution is -0.157. The van der Waals surface area contributed by atoms with Crippen LogP contribution in [0.3, 0.4) is 0 Å². The van der Waals surface area contributed by atoms with Crippen molar-refractivity contribution in [3.05, 3.63) is 29.8 Å². The first kappa shape index (κ1) is 15.8. The molecule has 124 valence electrons. The quantitative estimate of drug-likeness (QED) is 0.902. The van der Waals surface area contributed by atoms with Gasteiger partial charge in [0.2, 0.25) is 5.91 Å². The lowest BCUT2D eigenvalue weighted by Crippen LogP contribution is -2.45. The maximum absolute atomic E-state index is 12.5. The Bertz CT molecular complexity index is 600. The summed E-state index contributed by atoms with van der Waals surface area (Å²) in [6.07, 6.45) is 0.743. The number of rotatable bonds is 4. The number of benzene rings is 1. The van der Waals surface area contributed by atoms with Gasteiger partial charge in [-0.05, 0) is 24.1 Å². The number of hydrogen-bond acceptors (Lipinski definition) is 4. The van der Waals surface area contributed by atoms with Gasteiger partial charge < -0.3 is 19.5 Å². The molecule has 6 heteroatoms. The first-order valence-corrected chi connectivity index (χ1v) is 7.77. The Kier molecular flexibility index (Phi) is 4.26. The molecule has 2 saturated heterocycles. The monoisotopic (exact) mass is 319 g/mol. The normalized spacial score (nSPS) is 26.7. The zero-order chi connectivity index (χ0) is 16.4. The van der Waals surface area contributed by atoms with Gasteiger partial charge in [-0.2, -0.15) is 0 Å². The van der Waals surface area contributed by atoms with Crippen molar-refractivity contribution in [2.45, 2.75) is 12.8 Å². The van der Waals surface area contributed by atoms with Crippen molar-refractivity contribution in [2.24, 2.45) is 11.3 Å². The van der Waals surface area contributed by atoms with Gasteiger partial charge >= 0.3 is 5.97 Å². The number of carboxylic acids is 1. The molecule has 2 aliphatic rings. The molecule has 3 rings (SSSR count). The molecule has 1 aromatic rings. The van der Waals surface area contributed by atoms with E-state index in [0.717, 1.165) is 11.3 Å². The van der Waals surface area contributed by atoms with E-state index in [2.05, 4.69) is 0 Å². The molecule has 2 fully saturated rings. The second kappa shape index (κ2) is 6.20. The first-order valence-electron chi connectivity index (χ1n) is 7.77. The molecule has 0 radical (unpaired) electrons. The van der Waals surface area contributed by atoms with Gasteiger partial charge in [0.1, 0.15) is 5.75 Å². The summed E-state index contributed by atoms with van der Waals surface area (Å²) < 4.78 is 10.5. The highest BCUT2D eigenvalue weighted by atomic mass is 16.5. The van der Waals surface area contributed by atoms with Crippen molar-refractivity contribution in [1.29, 1.82) is 0 Å². The number of ether oxygens (including phenoxy) is 2. The average molecular weight is 319 g/mol. The van der Waals surface area contributed by atoms with Crippen LogP contribution in [-0.4, -0.2) is 55.3 Å². The van der Waals surface area contributed by atoms with Crippen LogP contribution in [0.2, 0.25) is 0 Å². The third kappa shape index (κ3) is 2.91. The minimum atomic E-state index is -0.839. The van der Waals surface area contributed by atoms with Gasteiger partial charge in [0.25, 0.3) is 0 Å². The molecule has 0 unspecified atom stereocenters. The van der Waals surface area contributed by atoms with E-state index in [-0.39, 0.29) is 24.8 Å². The Morgan fingerprint density at radius 2 is 2.13 bits per heavy atom. The molecule has 2 heterocycles. The topological polar surface area (TPSA) is 76.1 Å². The summed E-state index contributed by atoms with van der Waals surface area (Å²) in [4.78, 5) is 26.0. The van der Waals surface area contributed by atoms with Crippen LogP contribution < -0.4 is 4.74 Å². The van der Waals surface area contributed by atoms with Crippen molar-refractivity contribution in [3.8, 4) is 5.75 Å². The highest BCUT2D eigenvalue weighted by Gasteiger charge is 2.54. The fraction of sp³-hybridized carbons (Fsp3) is 0.529. The van der Waals surface area contributed by atoms with Crippen LogP contribution in [0.25, 0.3) is 0 Å². The smallest absolute Gasteiger partial charge is 0.311 e. The van der Waals surface area contributed by atoms with Gasteiger partial charge in [-0.3, -0.25) is 9.59 Å². The first-order chi connectivity index (χ1) is 11.0. The number of hydrogen-bond donors (Lipinski definition) is 1. The van der Waals surface area contributed by atoms with Crippen LogP contribution in [-0.2, 0) is 20.7 Å². The fourth-order valence-corrected chi connectivity index (χ4v) is 3.52. The van der Waals surface area contributed by atoms with Crippen LogP contribution >= 0.6 is 0 Å². The number of fused-ring (bicyclic) bond motifs is 1. The average Bonchev–Trinajstić information content (AvgIpc) is 2.97. The van der Waals surface area contributed by atoms with Gasteiger partial charge in [-0.1, -0.05) is 12.1 Å². The highest BCUT2D eigenvalue weighted by molar-refractivity contribution is 5.82. The van der Waals surface area contributed by atoms with Gasteiger partial charge in [0.05, 0.1) is 25.6 Å². The van der Waals surface area contributed by atoms with Crippen LogP contribution in [0.5, 0.6) is 5.75 Å². The van der Waals surface area contributed by atoms with Crippen molar-refractivity contribution < 1.29 is 24.2 Å². The number of amides is 1. The van der Waals surface area contributed by atoms with E-state index in [4.69, 9.17) is 9.47 Å². The van der Waals surface area contributed by atoms with Crippen LogP contribution in [0, 0.1) is 11.3 Å². The molecule has 0 saturated carbocycles. The van der Waals surface area contributed by atoms with Crippen LogP contribution in [0.4, 0.5) is 0 Å². The maximum Gasteiger partial charge on any atom is 0.311 e. The van der Waals surface area contributed by atoms with E-state index in [1.165, 1.54) is 0 Å². The Labute approximate surface area is 135 Å². The Hall–Kier alpha value is -2.08. The van der Waals surface area contributed by atoms with E-state index < -0.39 is 11.4 Å². The summed E-state index contributed by atoms with van der Waals surface area (Å²) in [6, 6.07) is 7.35. The number of carboxylic acid groups (broad SMARTS) is 1. The predicted octanol–water partition coefficient (Wildman–Crippen LogP) is 1.19. The molecular weight excluding hydrogens is 298 g/mol. The number of nitrogens with zero attached hydrogens (tertiary/aromatic N) is 1. The number of likely N-dealkylation sites (tertiary alicyclic amines) is 1. The molecule has 0 aromatic heterocycles. The van der Waals surface area contributed by atoms with Gasteiger partial charge in [0.15, 0.2) is 0 Å². The molecule has 2 aliphatic heterocycles. The van der Waals surface area contributed by atoms with E-state index in [0.29, 0.717) is 26.2 Å². The molecule has 23 heavy (non-hydrogen) atoms. The number of carbonyl (C=O) groups excluding carboxylic acids is 1. The van der Waals surface area contributed by atoms with Gasteiger partial charge in [-0.15, -0.1) is 0 Å². The molecule has 2 atom stereocenters. The lowest BCUT2D eigenvalue weighted by atomic mass is 9.74. The van der Waals surface area contributed by atoms with Crippen molar-refractivity contribution in [1.82, 2.24) is 4.90 Å². The van der Waals surface area contributed by atoms with E-state index in [9.17, 15) is 14.7 Å². The highest BCUT2D eigenvalue weighted by Crippen LogP contribution is 2.42. The summed E-state index contributed by atoms with van der Waals surface area (Å²) in [5.74, 6) is -0.223. The summed E-state index contributed by atoms with van der Waals surface area (Å²) >= 11 is 0. The zero-order valence-electron chi connectivity index (χ0n) is 13.2. The molecule has 0 spiro atoms. The maximum atomic E-state index is 12.5. The molecule has 1 amide bonds. The van der Waals surface area contributed by atoms with Crippen molar-refractivity contribution in [2.75, 3.05) is 33.4 Å². The molecule has 1 N–H and O–H groups in total. The molecule has 1 aromatic carbocycles. The second-order valence-corrected chi connectivity index (χ2v) is 6.28. The summed E-state index contributed by atoms with van der Waals surface area (Å²) in [7, 11) is 1.60. The summed E-state index contributed by atoms with van der Waals surface area (Å²) in [5, 5.41) is 9.64. The van der Waals surface area contributed by atoms with Gasteiger partial charge in [-0.25, -0.2) is 0 Å². The van der Waals surface area contributed by atoms with E-state index in [1.807, 2.05) is 24.3 Å². The number of carbonyl (C=O) groups is 2. The van der Waals surface area contributed by atoms with Crippen molar-refractivity contribution in [3.63, 3.8) is 0 Å². The lowest BCUT2D eigenvalue weighted by Gasteiger charge is -2.33. The summed E-state index contributed by atoms with van der Waals surface area (Å²) in [6.45, 7) is 1.61.